The molecular weight excluding hydrogens is 206 g/mol. The van der Waals surface area contributed by atoms with Gasteiger partial charge in [-0.25, -0.2) is 0 Å². The molecule has 1 aromatic carbocycles. The third-order valence-corrected chi connectivity index (χ3v) is 2.82. The molecule has 1 unspecified atom stereocenters. The first-order chi connectivity index (χ1) is 7.74. The second-order valence-corrected chi connectivity index (χ2v) is 3.88. The van der Waals surface area contributed by atoms with Crippen molar-refractivity contribution in [1.29, 1.82) is 0 Å². The van der Waals surface area contributed by atoms with Crippen LogP contribution in [0.3, 0.4) is 0 Å². The maximum Gasteiger partial charge on any atom is 0.262 e. The summed E-state index contributed by atoms with van der Waals surface area (Å²) >= 11 is 0. The Labute approximate surface area is 94.2 Å². The van der Waals surface area contributed by atoms with Gasteiger partial charge in [-0.3, -0.25) is 4.79 Å². The lowest BCUT2D eigenvalue weighted by atomic mass is 9.96. The highest BCUT2D eigenvalue weighted by Gasteiger charge is 2.17. The number of hydrogen-bond acceptors (Lipinski definition) is 3. The van der Waals surface area contributed by atoms with Crippen LogP contribution in [0.5, 0.6) is 5.75 Å². The van der Waals surface area contributed by atoms with Crippen molar-refractivity contribution in [1.82, 2.24) is 0 Å². The minimum absolute atomic E-state index is 0.0730. The lowest BCUT2D eigenvalue weighted by molar-refractivity contribution is -0.118. The summed E-state index contributed by atoms with van der Waals surface area (Å²) in [6.45, 7) is 2.21. The van der Waals surface area contributed by atoms with Gasteiger partial charge in [-0.1, -0.05) is 13.0 Å². The highest BCUT2D eigenvalue weighted by molar-refractivity contribution is 5.95. The molecule has 86 valence electrons. The third kappa shape index (κ3) is 2.02. The average Bonchev–Trinajstić information content (AvgIpc) is 2.30. The van der Waals surface area contributed by atoms with E-state index in [4.69, 9.17) is 4.74 Å². The number of nitrogens with one attached hydrogen (secondary N) is 1. The van der Waals surface area contributed by atoms with E-state index >= 15 is 0 Å². The molecule has 0 saturated carbocycles. The summed E-state index contributed by atoms with van der Waals surface area (Å²) in [4.78, 5) is 11.2. The van der Waals surface area contributed by atoms with E-state index in [1.165, 1.54) is 0 Å². The van der Waals surface area contributed by atoms with Crippen LogP contribution >= 0.6 is 0 Å². The zero-order chi connectivity index (χ0) is 11.5. The van der Waals surface area contributed by atoms with Crippen LogP contribution in [0.15, 0.2) is 18.2 Å². The predicted molar refractivity (Wildman–Crippen MR) is 60.7 cm³/mol. The largest absolute Gasteiger partial charge is 0.482 e. The predicted octanol–water partition coefficient (Wildman–Crippen LogP) is 1.50. The van der Waals surface area contributed by atoms with E-state index in [-0.39, 0.29) is 25.0 Å². The molecule has 1 aromatic rings. The number of ether oxygens (including phenoxy) is 1. The number of anilines is 1. The SMILES string of the molecule is CCC(CO)c1ccc2c(c1)NC(=O)CO2. The van der Waals surface area contributed by atoms with Gasteiger partial charge in [0.2, 0.25) is 0 Å². The van der Waals surface area contributed by atoms with E-state index in [9.17, 15) is 9.90 Å². The lowest BCUT2D eigenvalue weighted by Gasteiger charge is -2.20. The molecule has 0 spiro atoms. The van der Waals surface area contributed by atoms with Crippen LogP contribution in [0.1, 0.15) is 24.8 Å². The standard InChI is InChI=1S/C12H15NO3/c1-2-8(6-14)9-3-4-11-10(5-9)13-12(15)7-16-11/h3-5,8,14H,2,6-7H2,1H3,(H,13,15). The van der Waals surface area contributed by atoms with Crippen LogP contribution < -0.4 is 10.1 Å². The number of fused-ring (bicyclic) bond motifs is 1. The van der Waals surface area contributed by atoms with Gasteiger partial charge in [0.1, 0.15) is 5.75 Å². The molecule has 1 heterocycles. The van der Waals surface area contributed by atoms with Gasteiger partial charge in [-0.15, -0.1) is 0 Å². The molecule has 0 aromatic heterocycles. The van der Waals surface area contributed by atoms with Crippen molar-refractivity contribution in [2.75, 3.05) is 18.5 Å². The molecule has 4 heteroatoms. The second kappa shape index (κ2) is 4.53. The van der Waals surface area contributed by atoms with Crippen molar-refractivity contribution < 1.29 is 14.6 Å². The highest BCUT2D eigenvalue weighted by atomic mass is 16.5. The summed E-state index contributed by atoms with van der Waals surface area (Å²) in [7, 11) is 0. The van der Waals surface area contributed by atoms with Gasteiger partial charge in [-0.05, 0) is 24.1 Å². The summed E-state index contributed by atoms with van der Waals surface area (Å²) in [5.41, 5.74) is 1.72. The van der Waals surface area contributed by atoms with Crippen molar-refractivity contribution in [3.05, 3.63) is 23.8 Å². The van der Waals surface area contributed by atoms with Crippen LogP contribution in [0, 0.1) is 0 Å². The highest BCUT2D eigenvalue weighted by Crippen LogP contribution is 2.31. The fourth-order valence-electron chi connectivity index (χ4n) is 1.82. The van der Waals surface area contributed by atoms with Crippen molar-refractivity contribution in [2.24, 2.45) is 0 Å². The van der Waals surface area contributed by atoms with Gasteiger partial charge >= 0.3 is 0 Å². The van der Waals surface area contributed by atoms with Gasteiger partial charge in [0.15, 0.2) is 6.61 Å². The molecular formula is C12H15NO3. The molecule has 1 atom stereocenters. The van der Waals surface area contributed by atoms with E-state index in [2.05, 4.69) is 5.32 Å². The normalized spacial score (nSPS) is 16.0. The number of amides is 1. The number of hydrogen-bond donors (Lipinski definition) is 2. The fraction of sp³-hybridized carbons (Fsp3) is 0.417. The number of benzene rings is 1. The molecule has 0 aliphatic carbocycles. The molecule has 0 bridgehead atoms. The molecule has 1 aliphatic heterocycles. The number of aliphatic hydroxyl groups excluding tert-OH is 1. The van der Waals surface area contributed by atoms with Gasteiger partial charge in [0.25, 0.3) is 5.91 Å². The Kier molecular flexibility index (Phi) is 3.10. The summed E-state index contributed by atoms with van der Waals surface area (Å²) in [6.07, 6.45) is 0.865. The molecule has 2 rings (SSSR count). The van der Waals surface area contributed by atoms with Gasteiger partial charge < -0.3 is 15.2 Å². The Hall–Kier alpha value is -1.55. The molecule has 4 nitrogen and oxygen atoms in total. The van der Waals surface area contributed by atoms with E-state index in [0.717, 1.165) is 12.0 Å². The Balaban J connectivity index is 2.30. The first-order valence-electron chi connectivity index (χ1n) is 5.42. The lowest BCUT2D eigenvalue weighted by Crippen LogP contribution is -2.25. The van der Waals surface area contributed by atoms with Gasteiger partial charge in [0, 0.05) is 12.5 Å². The number of carbonyl (C=O) groups excluding carboxylic acids is 1. The summed E-state index contributed by atoms with van der Waals surface area (Å²) < 4.78 is 5.26. The van der Waals surface area contributed by atoms with Crippen molar-refractivity contribution in [3.63, 3.8) is 0 Å². The molecule has 1 aliphatic rings. The smallest absolute Gasteiger partial charge is 0.262 e. The van der Waals surface area contributed by atoms with Gasteiger partial charge in [0.05, 0.1) is 5.69 Å². The summed E-state index contributed by atoms with van der Waals surface area (Å²) in [5, 5.41) is 12.0. The monoisotopic (exact) mass is 221 g/mol. The molecule has 2 N–H and O–H groups in total. The van der Waals surface area contributed by atoms with Crippen LogP contribution in [-0.4, -0.2) is 24.2 Å². The minimum Gasteiger partial charge on any atom is -0.482 e. The molecule has 1 amide bonds. The quantitative estimate of drug-likeness (QED) is 0.813. The zero-order valence-corrected chi connectivity index (χ0v) is 9.19. The Morgan fingerprint density at radius 1 is 1.56 bits per heavy atom. The average molecular weight is 221 g/mol. The van der Waals surface area contributed by atoms with E-state index in [0.29, 0.717) is 11.4 Å². The maximum absolute atomic E-state index is 11.2. The van der Waals surface area contributed by atoms with Crippen LogP contribution in [-0.2, 0) is 4.79 Å². The van der Waals surface area contributed by atoms with Crippen LogP contribution in [0.25, 0.3) is 0 Å². The molecule has 16 heavy (non-hydrogen) atoms. The zero-order valence-electron chi connectivity index (χ0n) is 9.19. The first kappa shape index (κ1) is 11.0. The number of rotatable bonds is 3. The van der Waals surface area contributed by atoms with Crippen LogP contribution in [0.2, 0.25) is 0 Å². The summed E-state index contributed by atoms with van der Waals surface area (Å²) in [5.74, 6) is 0.668. The first-order valence-corrected chi connectivity index (χ1v) is 5.42. The minimum atomic E-state index is -0.137. The maximum atomic E-state index is 11.2. The second-order valence-electron chi connectivity index (χ2n) is 3.88. The van der Waals surface area contributed by atoms with Crippen molar-refractivity contribution in [2.45, 2.75) is 19.3 Å². The molecule has 0 radical (unpaired) electrons. The summed E-state index contributed by atoms with van der Waals surface area (Å²) in [6, 6.07) is 5.64. The Morgan fingerprint density at radius 3 is 3.06 bits per heavy atom. The van der Waals surface area contributed by atoms with Crippen molar-refractivity contribution in [3.8, 4) is 5.75 Å². The van der Waals surface area contributed by atoms with Gasteiger partial charge in [-0.2, -0.15) is 0 Å². The number of aliphatic hydroxyl groups is 1. The molecule has 0 saturated heterocycles. The Bertz CT molecular complexity index is 399. The van der Waals surface area contributed by atoms with E-state index < -0.39 is 0 Å². The van der Waals surface area contributed by atoms with E-state index in [1.807, 2.05) is 25.1 Å². The van der Waals surface area contributed by atoms with Crippen LogP contribution in [0.4, 0.5) is 5.69 Å². The number of carbonyl (C=O) groups is 1. The van der Waals surface area contributed by atoms with E-state index in [1.54, 1.807) is 0 Å². The van der Waals surface area contributed by atoms with Crippen molar-refractivity contribution >= 4 is 11.6 Å². The topological polar surface area (TPSA) is 58.6 Å². The third-order valence-electron chi connectivity index (χ3n) is 2.82. The Morgan fingerprint density at radius 2 is 2.38 bits per heavy atom. The molecule has 0 fully saturated rings. The fourth-order valence-corrected chi connectivity index (χ4v) is 1.82.